The number of carbonyl (C=O) groups excluding carboxylic acids is 3. The molecule has 0 radical (unpaired) electrons. The van der Waals surface area contributed by atoms with E-state index in [0.717, 1.165) is 8.61 Å². The van der Waals surface area contributed by atoms with Gasteiger partial charge in [0, 0.05) is 17.2 Å². The second kappa shape index (κ2) is 16.1. The molecule has 0 saturated carbocycles. The number of carbonyl (C=O) groups is 3. The van der Waals surface area contributed by atoms with E-state index < -0.39 is 50.9 Å². The van der Waals surface area contributed by atoms with Gasteiger partial charge in [0.25, 0.3) is 20.0 Å². The Morgan fingerprint density at radius 3 is 1.65 bits per heavy atom. The monoisotopic (exact) mass is 740 g/mol. The van der Waals surface area contributed by atoms with Crippen LogP contribution in [0.1, 0.15) is 25.8 Å². The van der Waals surface area contributed by atoms with Gasteiger partial charge >= 0.3 is 5.97 Å². The van der Waals surface area contributed by atoms with Crippen molar-refractivity contribution in [3.63, 3.8) is 0 Å². The normalized spacial score (nSPS) is 11.6. The number of aryl methyl sites for hydroxylation is 1. The topological polar surface area (TPSA) is 206 Å². The molecule has 0 unspecified atom stereocenters. The Morgan fingerprint density at radius 2 is 1.18 bits per heavy atom. The van der Waals surface area contributed by atoms with Crippen LogP contribution in [0, 0.1) is 5.92 Å². The first-order valence-electron chi connectivity index (χ1n) is 15.7. The molecule has 4 N–H and O–H groups in total. The maximum atomic E-state index is 14.3. The van der Waals surface area contributed by atoms with Gasteiger partial charge in [-0.05, 0) is 72.5 Å². The molecule has 0 aliphatic heterocycles. The van der Waals surface area contributed by atoms with Crippen molar-refractivity contribution in [1.29, 1.82) is 0 Å². The van der Waals surface area contributed by atoms with Gasteiger partial charge in [0.1, 0.15) is 24.6 Å². The lowest BCUT2D eigenvalue weighted by Crippen LogP contribution is -2.40. The van der Waals surface area contributed by atoms with Crippen molar-refractivity contribution in [3.05, 3.63) is 84.4 Å². The molecule has 0 fully saturated rings. The van der Waals surface area contributed by atoms with Gasteiger partial charge in [0.15, 0.2) is 0 Å². The third kappa shape index (κ3) is 8.88. The zero-order chi connectivity index (χ0) is 37.5. The minimum absolute atomic E-state index is 0.0264. The predicted octanol–water partition coefficient (Wildman–Crippen LogP) is 3.35. The molecule has 4 aromatic rings. The van der Waals surface area contributed by atoms with Crippen molar-refractivity contribution < 1.29 is 45.4 Å². The van der Waals surface area contributed by atoms with Crippen LogP contribution in [0.4, 0.5) is 11.4 Å². The molecule has 0 heterocycles. The number of hydrogen-bond acceptors (Lipinski definition) is 10. The lowest BCUT2D eigenvalue weighted by atomic mass is 9.98. The Bertz CT molecular complexity index is 2120. The number of rotatable bonds is 17. The highest BCUT2D eigenvalue weighted by atomic mass is 32.2. The zero-order valence-electron chi connectivity index (χ0n) is 28.6. The molecule has 0 atom stereocenters. The highest BCUT2D eigenvalue weighted by Gasteiger charge is 2.34. The van der Waals surface area contributed by atoms with Gasteiger partial charge in [-0.2, -0.15) is 0 Å². The molecule has 0 aromatic heterocycles. The second-order valence-electron chi connectivity index (χ2n) is 11.8. The van der Waals surface area contributed by atoms with E-state index in [9.17, 15) is 31.2 Å². The highest BCUT2D eigenvalue weighted by Crippen LogP contribution is 2.42. The average molecular weight is 741 g/mol. The fourth-order valence-corrected chi connectivity index (χ4v) is 8.20. The maximum absolute atomic E-state index is 14.3. The second-order valence-corrected chi connectivity index (χ2v) is 15.6. The quantitative estimate of drug-likeness (QED) is 0.151. The molecular formula is C35H40N4O10S2. The molecule has 4 aromatic carbocycles. The number of nitrogens with zero attached hydrogens (tertiary/aromatic N) is 2. The number of methoxy groups -OCH3 is 2. The van der Waals surface area contributed by atoms with Gasteiger partial charge < -0.3 is 25.7 Å². The molecule has 14 nitrogen and oxygen atoms in total. The SMILES string of the molecule is COc1ccc(S(=O)(=O)N(CC(N)=O)c2cc(CCC(=O)OCC(C)C)c(N(CC(N)=O)S(=O)(=O)c3ccc(OC)cc3)c3ccccc23)cc1. The molecule has 0 spiro atoms. The Balaban J connectivity index is 2.04. The molecule has 2 amide bonds. The smallest absolute Gasteiger partial charge is 0.306 e. The molecule has 272 valence electrons. The van der Waals surface area contributed by atoms with Crippen LogP contribution in [-0.4, -0.2) is 68.5 Å². The van der Waals surface area contributed by atoms with Gasteiger partial charge in [-0.3, -0.25) is 23.0 Å². The number of fused-ring (bicyclic) bond motifs is 1. The van der Waals surface area contributed by atoms with Crippen LogP contribution in [0.15, 0.2) is 88.7 Å². The van der Waals surface area contributed by atoms with Crippen molar-refractivity contribution >= 4 is 60.0 Å². The van der Waals surface area contributed by atoms with E-state index in [1.807, 2.05) is 13.8 Å². The van der Waals surface area contributed by atoms with E-state index in [4.69, 9.17) is 25.7 Å². The van der Waals surface area contributed by atoms with E-state index in [2.05, 4.69) is 0 Å². The first-order valence-corrected chi connectivity index (χ1v) is 18.6. The Hall–Kier alpha value is -5.35. The Morgan fingerprint density at radius 1 is 0.706 bits per heavy atom. The summed E-state index contributed by atoms with van der Waals surface area (Å²) in [5.74, 6) is -1.73. The summed E-state index contributed by atoms with van der Waals surface area (Å²) in [6.45, 7) is 2.27. The standard InChI is InChI=1S/C35H40N4O10S2/c1-23(2)22-49-34(42)18-9-24-19-31(38(20-32(36)40)50(43,44)27-14-10-25(47-3)11-15-27)29-7-5-6-8-30(29)35(24)39(21-33(37)41)51(45,46)28-16-12-26(48-4)13-17-28/h5-8,10-17,19,23H,9,18,20-22H2,1-4H3,(H2,36,40)(H2,37,41). The number of nitrogens with two attached hydrogens (primary N) is 2. The summed E-state index contributed by atoms with van der Waals surface area (Å²) in [5, 5.41) is 0.370. The third-order valence-electron chi connectivity index (χ3n) is 7.66. The summed E-state index contributed by atoms with van der Waals surface area (Å²) in [5.41, 5.74) is 11.3. The van der Waals surface area contributed by atoms with E-state index in [-0.39, 0.29) is 62.9 Å². The number of anilines is 2. The number of primary amides is 2. The summed E-state index contributed by atoms with van der Waals surface area (Å²) in [4.78, 5) is 37.5. The summed E-state index contributed by atoms with van der Waals surface area (Å²) < 4.78 is 74.5. The van der Waals surface area contributed by atoms with Crippen LogP contribution in [0.2, 0.25) is 0 Å². The van der Waals surface area contributed by atoms with Crippen LogP contribution in [0.5, 0.6) is 11.5 Å². The molecule has 0 aliphatic carbocycles. The zero-order valence-corrected chi connectivity index (χ0v) is 30.2. The van der Waals surface area contributed by atoms with Gasteiger partial charge in [-0.1, -0.05) is 38.1 Å². The maximum Gasteiger partial charge on any atom is 0.306 e. The number of sulfonamides is 2. The van der Waals surface area contributed by atoms with Crippen LogP contribution in [-0.2, 0) is 45.6 Å². The van der Waals surface area contributed by atoms with Crippen molar-refractivity contribution in [2.24, 2.45) is 17.4 Å². The fraction of sp³-hybridized carbons (Fsp3) is 0.286. The Labute approximate surface area is 297 Å². The first-order chi connectivity index (χ1) is 24.1. The molecule has 4 rings (SSSR count). The molecule has 0 aliphatic rings. The Kier molecular flexibility index (Phi) is 12.2. The van der Waals surface area contributed by atoms with Crippen LogP contribution < -0.4 is 29.6 Å². The van der Waals surface area contributed by atoms with Gasteiger partial charge in [0.05, 0.1) is 42.0 Å². The minimum Gasteiger partial charge on any atom is -0.497 e. The van der Waals surface area contributed by atoms with Crippen molar-refractivity contribution in [2.75, 3.05) is 42.5 Å². The fourth-order valence-electron chi connectivity index (χ4n) is 5.27. The van der Waals surface area contributed by atoms with Gasteiger partial charge in [0.2, 0.25) is 11.8 Å². The van der Waals surface area contributed by atoms with Crippen LogP contribution >= 0.6 is 0 Å². The number of ether oxygens (including phenoxy) is 3. The molecule has 16 heteroatoms. The van der Waals surface area contributed by atoms with Crippen LogP contribution in [0.25, 0.3) is 10.8 Å². The van der Waals surface area contributed by atoms with Gasteiger partial charge in [-0.25, -0.2) is 16.8 Å². The lowest BCUT2D eigenvalue weighted by Gasteiger charge is -2.30. The summed E-state index contributed by atoms with van der Waals surface area (Å²) >= 11 is 0. The largest absolute Gasteiger partial charge is 0.497 e. The van der Waals surface area contributed by atoms with E-state index >= 15 is 0 Å². The average Bonchev–Trinajstić information content (AvgIpc) is 3.10. The third-order valence-corrected chi connectivity index (χ3v) is 11.2. The minimum atomic E-state index is -4.54. The van der Waals surface area contributed by atoms with Crippen molar-refractivity contribution in [1.82, 2.24) is 0 Å². The molecule has 0 saturated heterocycles. The predicted molar refractivity (Wildman–Crippen MR) is 192 cm³/mol. The van der Waals surface area contributed by atoms with Crippen molar-refractivity contribution in [2.45, 2.75) is 36.5 Å². The molecular weight excluding hydrogens is 701 g/mol. The molecule has 0 bridgehead atoms. The summed E-state index contributed by atoms with van der Waals surface area (Å²) in [7, 11) is -6.18. The lowest BCUT2D eigenvalue weighted by molar-refractivity contribution is -0.144. The van der Waals surface area contributed by atoms with E-state index in [1.54, 1.807) is 12.1 Å². The molecule has 51 heavy (non-hydrogen) atoms. The number of hydrogen-bond donors (Lipinski definition) is 2. The number of benzene rings is 4. The van der Waals surface area contributed by atoms with Crippen molar-refractivity contribution in [3.8, 4) is 11.5 Å². The van der Waals surface area contributed by atoms with E-state index in [1.165, 1.54) is 80.9 Å². The first kappa shape index (κ1) is 38.5. The van der Waals surface area contributed by atoms with E-state index in [0.29, 0.717) is 11.5 Å². The summed E-state index contributed by atoms with van der Waals surface area (Å²) in [6.07, 6.45) is -0.407. The van der Waals surface area contributed by atoms with Crippen LogP contribution in [0.3, 0.4) is 0 Å². The highest BCUT2D eigenvalue weighted by molar-refractivity contribution is 7.93. The number of esters is 1. The van der Waals surface area contributed by atoms with Gasteiger partial charge in [-0.15, -0.1) is 0 Å². The number of amides is 2. The summed E-state index contributed by atoms with van der Waals surface area (Å²) in [6, 6.07) is 18.6.